The van der Waals surface area contributed by atoms with Gasteiger partial charge in [0.2, 0.25) is 0 Å². The maximum atomic E-state index is 13.5. The monoisotopic (exact) mass is 323 g/mol. The minimum absolute atomic E-state index is 0.0180. The summed E-state index contributed by atoms with van der Waals surface area (Å²) in [5, 5.41) is 3.04. The van der Waals surface area contributed by atoms with Crippen molar-refractivity contribution in [3.63, 3.8) is 0 Å². The first-order valence-corrected chi connectivity index (χ1v) is 8.05. The zero-order chi connectivity index (χ0) is 15.1. The molecular weight excluding hydrogens is 309 g/mol. The molecule has 2 aromatic carbocycles. The predicted octanol–water partition coefficient (Wildman–Crippen LogP) is 4.14. The van der Waals surface area contributed by atoms with Crippen molar-refractivity contribution in [1.82, 2.24) is 5.32 Å². The van der Waals surface area contributed by atoms with Gasteiger partial charge in [0.15, 0.2) is 0 Å². The third-order valence-electron chi connectivity index (χ3n) is 2.82. The Morgan fingerprint density at radius 3 is 2.71 bits per heavy atom. The number of carbonyl (C=O) groups excluding carboxylic acids is 1. The van der Waals surface area contributed by atoms with Crippen molar-refractivity contribution in [1.29, 1.82) is 0 Å². The second kappa shape index (κ2) is 8.05. The lowest BCUT2D eigenvalue weighted by Gasteiger charge is -2.06. The zero-order valence-corrected chi connectivity index (χ0v) is 12.9. The lowest BCUT2D eigenvalue weighted by atomic mass is 10.2. The van der Waals surface area contributed by atoms with E-state index in [0.717, 1.165) is 11.5 Å². The van der Waals surface area contributed by atoms with Crippen molar-refractivity contribution in [3.8, 4) is 0 Å². The third-order valence-corrected chi connectivity index (χ3v) is 4.08. The van der Waals surface area contributed by atoms with Gasteiger partial charge < -0.3 is 5.32 Å². The first-order valence-electron chi connectivity index (χ1n) is 6.52. The van der Waals surface area contributed by atoms with Crippen molar-refractivity contribution in [2.45, 2.75) is 5.75 Å². The van der Waals surface area contributed by atoms with Crippen molar-refractivity contribution in [2.24, 2.45) is 0 Å². The SMILES string of the molecule is O=C(NCCSCc1ccccc1)c1cc(Cl)ccc1F. The fourth-order valence-corrected chi connectivity index (χ4v) is 2.76. The molecule has 21 heavy (non-hydrogen) atoms. The summed E-state index contributed by atoms with van der Waals surface area (Å²) in [6, 6.07) is 14.1. The van der Waals surface area contributed by atoms with Crippen LogP contribution in [0.5, 0.6) is 0 Å². The molecule has 1 N–H and O–H groups in total. The number of rotatable bonds is 6. The van der Waals surface area contributed by atoms with E-state index in [1.54, 1.807) is 11.8 Å². The maximum absolute atomic E-state index is 13.5. The van der Waals surface area contributed by atoms with Gasteiger partial charge >= 0.3 is 0 Å². The molecule has 0 aliphatic carbocycles. The largest absolute Gasteiger partial charge is 0.351 e. The molecule has 0 radical (unpaired) electrons. The molecule has 0 heterocycles. The molecule has 2 aromatic rings. The number of nitrogens with one attached hydrogen (secondary N) is 1. The normalized spacial score (nSPS) is 10.4. The highest BCUT2D eigenvalue weighted by atomic mass is 35.5. The lowest BCUT2D eigenvalue weighted by molar-refractivity contribution is 0.0952. The zero-order valence-electron chi connectivity index (χ0n) is 11.3. The summed E-state index contributed by atoms with van der Waals surface area (Å²) in [4.78, 5) is 11.8. The van der Waals surface area contributed by atoms with Crippen LogP contribution in [-0.2, 0) is 5.75 Å². The van der Waals surface area contributed by atoms with E-state index in [0.29, 0.717) is 11.6 Å². The molecule has 0 aromatic heterocycles. The topological polar surface area (TPSA) is 29.1 Å². The summed E-state index contributed by atoms with van der Waals surface area (Å²) in [7, 11) is 0. The summed E-state index contributed by atoms with van der Waals surface area (Å²) < 4.78 is 13.5. The molecule has 0 atom stereocenters. The van der Waals surface area contributed by atoms with E-state index < -0.39 is 11.7 Å². The first-order chi connectivity index (χ1) is 10.2. The van der Waals surface area contributed by atoms with E-state index in [1.807, 2.05) is 18.2 Å². The van der Waals surface area contributed by atoms with Crippen molar-refractivity contribution in [2.75, 3.05) is 12.3 Å². The Morgan fingerprint density at radius 1 is 1.19 bits per heavy atom. The number of benzene rings is 2. The number of halogens is 2. The highest BCUT2D eigenvalue weighted by Gasteiger charge is 2.11. The number of hydrogen-bond acceptors (Lipinski definition) is 2. The molecule has 0 unspecified atom stereocenters. The minimum Gasteiger partial charge on any atom is -0.351 e. The van der Waals surface area contributed by atoms with Crippen LogP contribution in [0.1, 0.15) is 15.9 Å². The fourth-order valence-electron chi connectivity index (χ4n) is 1.77. The van der Waals surface area contributed by atoms with Crippen LogP contribution in [0.3, 0.4) is 0 Å². The summed E-state index contributed by atoms with van der Waals surface area (Å²) in [5.74, 6) is 0.662. The van der Waals surface area contributed by atoms with Gasteiger partial charge in [-0.05, 0) is 23.8 Å². The number of thioether (sulfide) groups is 1. The number of hydrogen-bond donors (Lipinski definition) is 1. The highest BCUT2D eigenvalue weighted by Crippen LogP contribution is 2.15. The summed E-state index contributed by atoms with van der Waals surface area (Å²) in [6.45, 7) is 0.488. The molecule has 5 heteroatoms. The maximum Gasteiger partial charge on any atom is 0.254 e. The molecule has 110 valence electrons. The molecule has 0 saturated carbocycles. The van der Waals surface area contributed by atoms with Crippen LogP contribution in [0.4, 0.5) is 4.39 Å². The van der Waals surface area contributed by atoms with Gasteiger partial charge in [0.25, 0.3) is 5.91 Å². The molecular formula is C16H15ClFNOS. The van der Waals surface area contributed by atoms with Crippen LogP contribution in [0, 0.1) is 5.82 Å². The Hall–Kier alpha value is -1.52. The van der Waals surface area contributed by atoms with Crippen LogP contribution >= 0.6 is 23.4 Å². The van der Waals surface area contributed by atoms with E-state index >= 15 is 0 Å². The standard InChI is InChI=1S/C16H15ClFNOS/c17-13-6-7-15(18)14(10-13)16(20)19-8-9-21-11-12-4-2-1-3-5-12/h1-7,10H,8-9,11H2,(H,19,20). The third kappa shape index (κ3) is 5.06. The molecule has 2 rings (SSSR count). The van der Waals surface area contributed by atoms with E-state index in [9.17, 15) is 9.18 Å². The van der Waals surface area contributed by atoms with Crippen molar-refractivity contribution < 1.29 is 9.18 Å². The molecule has 2 nitrogen and oxygen atoms in total. The molecule has 0 fully saturated rings. The Bertz CT molecular complexity index is 606. The Kier molecular flexibility index (Phi) is 6.08. The second-order valence-electron chi connectivity index (χ2n) is 4.42. The Morgan fingerprint density at radius 2 is 1.95 bits per heavy atom. The van der Waals surface area contributed by atoms with E-state index in [1.165, 1.54) is 23.8 Å². The minimum atomic E-state index is -0.561. The first kappa shape index (κ1) is 15.9. The number of amides is 1. The van der Waals surface area contributed by atoms with Gasteiger partial charge in [-0.3, -0.25) is 4.79 Å². The summed E-state index contributed by atoms with van der Waals surface area (Å²) in [6.07, 6.45) is 0. The van der Waals surface area contributed by atoms with Crippen LogP contribution in [-0.4, -0.2) is 18.2 Å². The Balaban J connectivity index is 1.73. The molecule has 0 saturated heterocycles. The lowest BCUT2D eigenvalue weighted by Crippen LogP contribution is -2.26. The smallest absolute Gasteiger partial charge is 0.254 e. The van der Waals surface area contributed by atoms with Crippen molar-refractivity contribution in [3.05, 3.63) is 70.5 Å². The van der Waals surface area contributed by atoms with Crippen molar-refractivity contribution >= 4 is 29.3 Å². The van der Waals surface area contributed by atoms with Gasteiger partial charge in [0.1, 0.15) is 5.82 Å². The molecule has 1 amide bonds. The van der Waals surface area contributed by atoms with E-state index in [2.05, 4.69) is 17.4 Å². The second-order valence-corrected chi connectivity index (χ2v) is 5.96. The van der Waals surface area contributed by atoms with Crippen LogP contribution in [0.25, 0.3) is 0 Å². The summed E-state index contributed by atoms with van der Waals surface area (Å²) in [5.41, 5.74) is 1.23. The van der Waals surface area contributed by atoms with Crippen LogP contribution < -0.4 is 5.32 Å². The van der Waals surface area contributed by atoms with E-state index in [-0.39, 0.29) is 5.56 Å². The van der Waals surface area contributed by atoms with Gasteiger partial charge in [-0.25, -0.2) is 4.39 Å². The number of carbonyl (C=O) groups is 1. The molecule has 0 spiro atoms. The van der Waals surface area contributed by atoms with Gasteiger partial charge in [-0.1, -0.05) is 41.9 Å². The van der Waals surface area contributed by atoms with Gasteiger partial charge in [0.05, 0.1) is 5.56 Å². The average molecular weight is 324 g/mol. The highest BCUT2D eigenvalue weighted by molar-refractivity contribution is 7.98. The van der Waals surface area contributed by atoms with Gasteiger partial charge in [-0.15, -0.1) is 0 Å². The van der Waals surface area contributed by atoms with Gasteiger partial charge in [-0.2, -0.15) is 11.8 Å². The van der Waals surface area contributed by atoms with Crippen LogP contribution in [0.2, 0.25) is 5.02 Å². The predicted molar refractivity (Wildman–Crippen MR) is 86.3 cm³/mol. The average Bonchev–Trinajstić information content (AvgIpc) is 2.50. The quantitative estimate of drug-likeness (QED) is 0.809. The molecule has 0 aliphatic heterocycles. The van der Waals surface area contributed by atoms with E-state index in [4.69, 9.17) is 11.6 Å². The molecule has 0 aliphatic rings. The summed E-state index contributed by atoms with van der Waals surface area (Å²) >= 11 is 7.48. The fraction of sp³-hybridized carbons (Fsp3) is 0.188. The van der Waals surface area contributed by atoms with Crippen LogP contribution in [0.15, 0.2) is 48.5 Å². The Labute approximate surface area is 132 Å². The molecule has 0 bridgehead atoms. The van der Waals surface area contributed by atoms with Gasteiger partial charge in [0, 0.05) is 23.1 Å².